The number of benzene rings is 2. The first-order valence-corrected chi connectivity index (χ1v) is 8.59. The Morgan fingerprint density at radius 3 is 2.71 bits per heavy atom. The zero-order chi connectivity index (χ0) is 15.0. The summed E-state index contributed by atoms with van der Waals surface area (Å²) in [6.07, 6.45) is 1.78. The molecule has 0 radical (unpaired) electrons. The highest BCUT2D eigenvalue weighted by Gasteiger charge is 2.16. The van der Waals surface area contributed by atoms with E-state index in [1.807, 2.05) is 31.2 Å². The first-order valence-electron chi connectivity index (χ1n) is 6.32. The van der Waals surface area contributed by atoms with Crippen molar-refractivity contribution in [2.24, 2.45) is 0 Å². The lowest BCUT2D eigenvalue weighted by atomic mass is 10.2. The molecule has 3 rings (SSSR count). The number of aromatic amines is 1. The fourth-order valence-corrected chi connectivity index (χ4v) is 4.19. The number of sulfonamides is 1. The van der Waals surface area contributed by atoms with Crippen LogP contribution in [0.25, 0.3) is 10.9 Å². The third kappa shape index (κ3) is 2.82. The van der Waals surface area contributed by atoms with Crippen LogP contribution in [0.15, 0.2) is 58.0 Å². The molecular weight excluding hydrogens is 352 g/mol. The molecule has 0 saturated heterocycles. The summed E-state index contributed by atoms with van der Waals surface area (Å²) in [7, 11) is -3.63. The molecule has 3 aromatic rings. The van der Waals surface area contributed by atoms with E-state index < -0.39 is 10.0 Å². The quantitative estimate of drug-likeness (QED) is 0.736. The first-order chi connectivity index (χ1) is 9.95. The van der Waals surface area contributed by atoms with Crippen molar-refractivity contribution in [3.8, 4) is 0 Å². The third-order valence-electron chi connectivity index (χ3n) is 3.16. The Labute approximate surface area is 131 Å². The van der Waals surface area contributed by atoms with Gasteiger partial charge < -0.3 is 4.98 Å². The number of anilines is 1. The Bertz CT molecular complexity index is 896. The van der Waals surface area contributed by atoms with Gasteiger partial charge in [0.2, 0.25) is 0 Å². The SMILES string of the molecule is Cc1cc(Br)cc(S(=O)(=O)Nc2cccc3cc[nH]c23)c1. The van der Waals surface area contributed by atoms with Crippen LogP contribution in [-0.2, 0) is 10.0 Å². The predicted molar refractivity (Wildman–Crippen MR) is 88.0 cm³/mol. The molecule has 0 bridgehead atoms. The minimum Gasteiger partial charge on any atom is -0.359 e. The Morgan fingerprint density at radius 2 is 1.95 bits per heavy atom. The Hall–Kier alpha value is -1.79. The van der Waals surface area contributed by atoms with E-state index in [9.17, 15) is 8.42 Å². The van der Waals surface area contributed by atoms with Crippen LogP contribution in [-0.4, -0.2) is 13.4 Å². The average Bonchev–Trinajstić information content (AvgIpc) is 2.86. The molecule has 0 unspecified atom stereocenters. The van der Waals surface area contributed by atoms with Gasteiger partial charge in [-0.3, -0.25) is 4.72 Å². The number of fused-ring (bicyclic) bond motifs is 1. The predicted octanol–water partition coefficient (Wildman–Crippen LogP) is 4.04. The molecule has 0 aliphatic carbocycles. The van der Waals surface area contributed by atoms with E-state index in [-0.39, 0.29) is 4.90 Å². The Kier molecular flexibility index (Phi) is 3.51. The molecule has 108 valence electrons. The van der Waals surface area contributed by atoms with Gasteiger partial charge in [0.25, 0.3) is 10.0 Å². The summed E-state index contributed by atoms with van der Waals surface area (Å²) in [5.74, 6) is 0. The van der Waals surface area contributed by atoms with Crippen LogP contribution < -0.4 is 4.72 Å². The van der Waals surface area contributed by atoms with Crippen LogP contribution >= 0.6 is 15.9 Å². The maximum absolute atomic E-state index is 12.5. The van der Waals surface area contributed by atoms with Gasteiger partial charge in [-0.15, -0.1) is 0 Å². The number of hydrogen-bond acceptors (Lipinski definition) is 2. The summed E-state index contributed by atoms with van der Waals surface area (Å²) >= 11 is 3.33. The fraction of sp³-hybridized carbons (Fsp3) is 0.0667. The topological polar surface area (TPSA) is 62.0 Å². The van der Waals surface area contributed by atoms with Gasteiger partial charge in [0, 0.05) is 16.1 Å². The van der Waals surface area contributed by atoms with Crippen molar-refractivity contribution in [3.63, 3.8) is 0 Å². The highest BCUT2D eigenvalue weighted by molar-refractivity contribution is 9.10. The van der Waals surface area contributed by atoms with E-state index in [2.05, 4.69) is 25.6 Å². The summed E-state index contributed by atoms with van der Waals surface area (Å²) in [5.41, 5.74) is 2.19. The van der Waals surface area contributed by atoms with Gasteiger partial charge in [-0.25, -0.2) is 8.42 Å². The van der Waals surface area contributed by atoms with E-state index in [0.717, 1.165) is 20.9 Å². The highest BCUT2D eigenvalue weighted by Crippen LogP contribution is 2.26. The Balaban J connectivity index is 2.05. The fourth-order valence-electron chi connectivity index (χ4n) is 2.23. The van der Waals surface area contributed by atoms with Gasteiger partial charge in [0.15, 0.2) is 0 Å². The van der Waals surface area contributed by atoms with Crippen LogP contribution in [0.1, 0.15) is 5.56 Å². The van der Waals surface area contributed by atoms with Crippen LogP contribution in [0.5, 0.6) is 0 Å². The lowest BCUT2D eigenvalue weighted by molar-refractivity contribution is 0.601. The normalized spacial score (nSPS) is 11.7. The minimum absolute atomic E-state index is 0.234. The maximum Gasteiger partial charge on any atom is 0.262 e. The number of nitrogens with one attached hydrogen (secondary N) is 2. The zero-order valence-corrected chi connectivity index (χ0v) is 13.6. The van der Waals surface area contributed by atoms with Crippen LogP contribution in [0.4, 0.5) is 5.69 Å². The molecule has 2 aromatic carbocycles. The monoisotopic (exact) mass is 364 g/mol. The molecule has 6 heteroatoms. The molecule has 0 aliphatic rings. The molecule has 0 aliphatic heterocycles. The van der Waals surface area contributed by atoms with Crippen molar-refractivity contribution in [2.75, 3.05) is 4.72 Å². The van der Waals surface area contributed by atoms with Crippen molar-refractivity contribution in [3.05, 3.63) is 58.7 Å². The van der Waals surface area contributed by atoms with Gasteiger partial charge in [-0.1, -0.05) is 28.1 Å². The van der Waals surface area contributed by atoms with Gasteiger partial charge in [0.05, 0.1) is 16.1 Å². The number of para-hydroxylation sites is 1. The van der Waals surface area contributed by atoms with Crippen LogP contribution in [0, 0.1) is 6.92 Å². The summed E-state index contributed by atoms with van der Waals surface area (Å²) < 4.78 is 28.4. The minimum atomic E-state index is -3.63. The highest BCUT2D eigenvalue weighted by atomic mass is 79.9. The van der Waals surface area contributed by atoms with Gasteiger partial charge in [0.1, 0.15) is 0 Å². The van der Waals surface area contributed by atoms with E-state index in [1.54, 1.807) is 24.4 Å². The molecular formula is C15H13BrN2O2S. The molecule has 0 fully saturated rings. The van der Waals surface area contributed by atoms with Crippen molar-refractivity contribution < 1.29 is 8.42 Å². The van der Waals surface area contributed by atoms with E-state index in [4.69, 9.17) is 0 Å². The van der Waals surface area contributed by atoms with Gasteiger partial charge in [-0.2, -0.15) is 0 Å². The lowest BCUT2D eigenvalue weighted by Gasteiger charge is -2.10. The third-order valence-corrected chi connectivity index (χ3v) is 4.96. The molecule has 0 atom stereocenters. The van der Waals surface area contributed by atoms with Crippen molar-refractivity contribution in [1.29, 1.82) is 0 Å². The van der Waals surface area contributed by atoms with Gasteiger partial charge >= 0.3 is 0 Å². The van der Waals surface area contributed by atoms with E-state index in [1.165, 1.54) is 0 Å². The molecule has 1 aromatic heterocycles. The summed E-state index contributed by atoms with van der Waals surface area (Å²) in [6.45, 7) is 1.86. The van der Waals surface area contributed by atoms with E-state index >= 15 is 0 Å². The second-order valence-corrected chi connectivity index (χ2v) is 7.42. The largest absolute Gasteiger partial charge is 0.359 e. The molecule has 2 N–H and O–H groups in total. The number of halogens is 1. The second-order valence-electron chi connectivity index (χ2n) is 4.82. The summed E-state index contributed by atoms with van der Waals surface area (Å²) in [6, 6.07) is 12.5. The number of aromatic nitrogens is 1. The van der Waals surface area contributed by atoms with Crippen LogP contribution in [0.2, 0.25) is 0 Å². The first kappa shape index (κ1) is 14.2. The van der Waals surface area contributed by atoms with Crippen LogP contribution in [0.3, 0.4) is 0 Å². The van der Waals surface area contributed by atoms with Crippen molar-refractivity contribution >= 4 is 42.5 Å². The summed E-state index contributed by atoms with van der Waals surface area (Å²) in [5, 5.41) is 0.959. The van der Waals surface area contributed by atoms with Gasteiger partial charge in [-0.05, 0) is 42.8 Å². The Morgan fingerprint density at radius 1 is 1.14 bits per heavy atom. The summed E-state index contributed by atoms with van der Waals surface area (Å²) in [4.78, 5) is 3.28. The zero-order valence-electron chi connectivity index (χ0n) is 11.2. The molecule has 0 amide bonds. The van der Waals surface area contributed by atoms with Crippen molar-refractivity contribution in [2.45, 2.75) is 11.8 Å². The molecule has 4 nitrogen and oxygen atoms in total. The standard InChI is InChI=1S/C15H13BrN2O2S/c1-10-7-12(16)9-13(8-10)21(19,20)18-14-4-2-3-11-5-6-17-15(11)14/h2-9,17-18H,1H3. The second kappa shape index (κ2) is 5.20. The smallest absolute Gasteiger partial charge is 0.262 e. The number of rotatable bonds is 3. The lowest BCUT2D eigenvalue weighted by Crippen LogP contribution is -2.13. The molecule has 21 heavy (non-hydrogen) atoms. The van der Waals surface area contributed by atoms with E-state index in [0.29, 0.717) is 5.69 Å². The maximum atomic E-state index is 12.5. The average molecular weight is 365 g/mol. The number of hydrogen-bond donors (Lipinski definition) is 2. The molecule has 0 saturated carbocycles. The number of aryl methyl sites for hydroxylation is 1. The van der Waals surface area contributed by atoms with Crippen molar-refractivity contribution in [1.82, 2.24) is 4.98 Å². The molecule has 0 spiro atoms. The number of H-pyrrole nitrogens is 1. The molecule has 1 heterocycles.